The maximum Gasteiger partial charge on any atom is 0.174 e. The molecule has 0 radical (unpaired) electrons. The average Bonchev–Trinajstić information content (AvgIpc) is 2.72. The molecule has 0 aliphatic carbocycles. The minimum Gasteiger partial charge on any atom is -0.380 e. The van der Waals surface area contributed by atoms with Crippen molar-refractivity contribution in [1.29, 1.82) is 0 Å². The van der Waals surface area contributed by atoms with Crippen molar-refractivity contribution in [3.8, 4) is 0 Å². The van der Waals surface area contributed by atoms with E-state index in [2.05, 4.69) is 15.5 Å². The zero-order chi connectivity index (χ0) is 10.7. The van der Waals surface area contributed by atoms with Gasteiger partial charge >= 0.3 is 0 Å². The Labute approximate surface area is 97.9 Å². The predicted molar refractivity (Wildman–Crippen MR) is 59.5 cm³/mol. The molecule has 0 spiro atoms. The number of nitrogens with one attached hydrogen (secondary N) is 1. The van der Waals surface area contributed by atoms with Crippen LogP contribution < -0.4 is 5.32 Å². The van der Waals surface area contributed by atoms with Crippen LogP contribution in [0.3, 0.4) is 0 Å². The Balaban J connectivity index is 1.94. The van der Waals surface area contributed by atoms with Gasteiger partial charge in [-0.2, -0.15) is 0 Å². The van der Waals surface area contributed by atoms with E-state index in [1.165, 1.54) is 0 Å². The molecule has 1 fully saturated rings. The van der Waals surface area contributed by atoms with Crippen molar-refractivity contribution in [3.63, 3.8) is 0 Å². The van der Waals surface area contributed by atoms with Gasteiger partial charge in [0.2, 0.25) is 0 Å². The van der Waals surface area contributed by atoms with Crippen molar-refractivity contribution < 1.29 is 4.74 Å². The molecule has 6 heteroatoms. The zero-order valence-corrected chi connectivity index (χ0v) is 9.55. The van der Waals surface area contributed by atoms with E-state index in [9.17, 15) is 0 Å². The average molecular weight is 248 g/mol. The number of anilines is 1. The van der Waals surface area contributed by atoms with Gasteiger partial charge in [0.25, 0.3) is 0 Å². The molecule has 1 aliphatic rings. The van der Waals surface area contributed by atoms with Crippen LogP contribution in [0.4, 0.5) is 5.69 Å². The van der Waals surface area contributed by atoms with E-state index in [1.807, 2.05) is 0 Å². The highest BCUT2D eigenvalue weighted by atomic mass is 35.5. The summed E-state index contributed by atoms with van der Waals surface area (Å²) < 4.78 is 5.47. The second kappa shape index (κ2) is 4.96. The minimum absolute atomic E-state index is 0.257. The summed E-state index contributed by atoms with van der Waals surface area (Å²) in [4.78, 5) is 0. The highest BCUT2D eigenvalue weighted by Gasteiger charge is 2.15. The molecule has 1 aliphatic heterocycles. The molecule has 0 bridgehead atoms. The quantitative estimate of drug-likeness (QED) is 0.892. The first kappa shape index (κ1) is 10.9. The van der Waals surface area contributed by atoms with Crippen molar-refractivity contribution in [2.75, 3.05) is 18.5 Å². The normalized spacial score (nSPS) is 20.5. The second-order valence-electron chi connectivity index (χ2n) is 3.39. The van der Waals surface area contributed by atoms with Crippen LogP contribution in [0.2, 0.25) is 10.3 Å². The van der Waals surface area contributed by atoms with Crippen molar-refractivity contribution in [3.05, 3.63) is 16.4 Å². The summed E-state index contributed by atoms with van der Waals surface area (Å²) in [6, 6.07) is 1.66. The summed E-state index contributed by atoms with van der Waals surface area (Å²) in [6.45, 7) is 1.57. The van der Waals surface area contributed by atoms with Gasteiger partial charge in [0.1, 0.15) is 0 Å². The van der Waals surface area contributed by atoms with E-state index in [1.54, 1.807) is 6.07 Å². The minimum atomic E-state index is 0.257. The standard InChI is InChI=1S/C9H11Cl2N3O/c10-8-4-7(9(11)14-13-8)12-5-6-2-1-3-15-6/h4,6H,1-3,5H2,(H,12,13). The molecule has 2 heterocycles. The molecule has 15 heavy (non-hydrogen) atoms. The Kier molecular flexibility index (Phi) is 3.61. The lowest BCUT2D eigenvalue weighted by atomic mass is 10.2. The fourth-order valence-corrected chi connectivity index (χ4v) is 1.81. The van der Waals surface area contributed by atoms with Crippen molar-refractivity contribution in [2.45, 2.75) is 18.9 Å². The SMILES string of the molecule is Clc1cc(NCC2CCCO2)c(Cl)nn1. The molecule has 1 atom stereocenters. The topological polar surface area (TPSA) is 47.0 Å². The fraction of sp³-hybridized carbons (Fsp3) is 0.556. The fourth-order valence-electron chi connectivity index (χ4n) is 1.51. The van der Waals surface area contributed by atoms with Crippen LogP contribution in [-0.4, -0.2) is 29.5 Å². The summed E-state index contributed by atoms with van der Waals surface area (Å²) in [5, 5.41) is 11.1. The van der Waals surface area contributed by atoms with Gasteiger partial charge in [-0.25, -0.2) is 0 Å². The Bertz CT molecular complexity index is 342. The number of nitrogens with zero attached hydrogens (tertiary/aromatic N) is 2. The van der Waals surface area contributed by atoms with E-state index in [-0.39, 0.29) is 6.10 Å². The molecular weight excluding hydrogens is 237 g/mol. The summed E-state index contributed by atoms with van der Waals surface area (Å²) >= 11 is 11.6. The predicted octanol–water partition coefficient (Wildman–Crippen LogP) is 2.37. The Morgan fingerprint density at radius 1 is 1.47 bits per heavy atom. The van der Waals surface area contributed by atoms with Crippen LogP contribution in [-0.2, 0) is 4.74 Å². The smallest absolute Gasteiger partial charge is 0.174 e. The van der Waals surface area contributed by atoms with E-state index in [0.29, 0.717) is 16.0 Å². The zero-order valence-electron chi connectivity index (χ0n) is 8.04. The van der Waals surface area contributed by atoms with Crippen LogP contribution in [0.5, 0.6) is 0 Å². The van der Waals surface area contributed by atoms with Gasteiger partial charge in [-0.05, 0) is 12.8 Å². The molecular formula is C9H11Cl2N3O. The monoisotopic (exact) mass is 247 g/mol. The molecule has 1 aromatic rings. The van der Waals surface area contributed by atoms with Crippen molar-refractivity contribution in [1.82, 2.24) is 10.2 Å². The first-order valence-corrected chi connectivity index (χ1v) is 5.55. The second-order valence-corrected chi connectivity index (χ2v) is 4.13. The van der Waals surface area contributed by atoms with Crippen LogP contribution in [0.25, 0.3) is 0 Å². The Hall–Kier alpha value is -0.580. The number of hydrogen-bond donors (Lipinski definition) is 1. The number of halogens is 2. The Morgan fingerprint density at radius 2 is 2.33 bits per heavy atom. The van der Waals surface area contributed by atoms with Crippen molar-refractivity contribution in [2.24, 2.45) is 0 Å². The maximum absolute atomic E-state index is 5.85. The molecule has 82 valence electrons. The van der Waals surface area contributed by atoms with Gasteiger partial charge in [-0.1, -0.05) is 23.2 Å². The third kappa shape index (κ3) is 2.93. The van der Waals surface area contributed by atoms with Crippen molar-refractivity contribution >= 4 is 28.9 Å². The van der Waals surface area contributed by atoms with Gasteiger partial charge in [0.05, 0.1) is 11.8 Å². The lowest BCUT2D eigenvalue weighted by Gasteiger charge is -2.12. The van der Waals surface area contributed by atoms with E-state index < -0.39 is 0 Å². The van der Waals surface area contributed by atoms with Gasteiger partial charge in [0.15, 0.2) is 10.3 Å². The third-order valence-corrected chi connectivity index (χ3v) is 2.73. The maximum atomic E-state index is 5.85. The number of hydrogen-bond acceptors (Lipinski definition) is 4. The Morgan fingerprint density at radius 3 is 3.07 bits per heavy atom. The molecule has 0 aromatic carbocycles. The van der Waals surface area contributed by atoms with Crippen LogP contribution in [0.1, 0.15) is 12.8 Å². The summed E-state index contributed by atoms with van der Waals surface area (Å²) in [7, 11) is 0. The largest absolute Gasteiger partial charge is 0.380 e. The molecule has 1 aromatic heterocycles. The lowest BCUT2D eigenvalue weighted by molar-refractivity contribution is 0.120. The van der Waals surface area contributed by atoms with Gasteiger partial charge < -0.3 is 10.1 Å². The summed E-state index contributed by atoms with van der Waals surface area (Å²) in [5.41, 5.74) is 0.701. The van der Waals surface area contributed by atoms with E-state index in [0.717, 1.165) is 26.0 Å². The number of aromatic nitrogens is 2. The first-order valence-electron chi connectivity index (χ1n) is 4.80. The molecule has 1 unspecified atom stereocenters. The van der Waals surface area contributed by atoms with Gasteiger partial charge in [-0.15, -0.1) is 10.2 Å². The lowest BCUT2D eigenvalue weighted by Crippen LogP contribution is -2.18. The molecule has 4 nitrogen and oxygen atoms in total. The van der Waals surface area contributed by atoms with E-state index in [4.69, 9.17) is 27.9 Å². The van der Waals surface area contributed by atoms with Gasteiger partial charge in [0, 0.05) is 19.2 Å². The molecule has 1 N–H and O–H groups in total. The summed E-state index contributed by atoms with van der Waals surface area (Å²) in [5.74, 6) is 0. The number of ether oxygens (including phenoxy) is 1. The summed E-state index contributed by atoms with van der Waals surface area (Å²) in [6.07, 6.45) is 2.46. The van der Waals surface area contributed by atoms with Gasteiger partial charge in [-0.3, -0.25) is 0 Å². The highest BCUT2D eigenvalue weighted by Crippen LogP contribution is 2.21. The molecule has 2 rings (SSSR count). The number of rotatable bonds is 3. The molecule has 0 amide bonds. The van der Waals surface area contributed by atoms with Crippen LogP contribution >= 0.6 is 23.2 Å². The molecule has 1 saturated heterocycles. The van der Waals surface area contributed by atoms with Crippen LogP contribution in [0, 0.1) is 0 Å². The van der Waals surface area contributed by atoms with E-state index >= 15 is 0 Å². The third-order valence-electron chi connectivity index (χ3n) is 2.26. The molecule has 0 saturated carbocycles. The van der Waals surface area contributed by atoms with Crippen LogP contribution in [0.15, 0.2) is 6.07 Å². The first-order chi connectivity index (χ1) is 7.25. The highest BCUT2D eigenvalue weighted by molar-refractivity contribution is 6.33.